The molecule has 4 heterocycles. The summed E-state index contributed by atoms with van der Waals surface area (Å²) in [5.74, 6) is -0.313. The number of nitrogens with zero attached hydrogens (tertiary/aromatic N) is 6. The van der Waals surface area contributed by atoms with E-state index < -0.39 is 18.0 Å². The number of anilines is 2. The first-order valence-corrected chi connectivity index (χ1v) is 12.4. The summed E-state index contributed by atoms with van der Waals surface area (Å²) in [5, 5.41) is 37.8. The molecule has 2 aliphatic heterocycles. The molecule has 0 spiro atoms. The van der Waals surface area contributed by atoms with Crippen LogP contribution in [0.25, 0.3) is 5.65 Å². The predicted octanol–water partition coefficient (Wildman–Crippen LogP) is 2.64. The Morgan fingerprint density at radius 3 is 2.78 bits per heavy atom. The molecule has 2 atom stereocenters. The lowest BCUT2D eigenvalue weighted by atomic mass is 9.97. The Kier molecular flexibility index (Phi) is 6.47. The fraction of sp³-hybridized carbons (Fsp3) is 0.462. The van der Waals surface area contributed by atoms with Crippen LogP contribution in [0.5, 0.6) is 0 Å². The van der Waals surface area contributed by atoms with Gasteiger partial charge >= 0.3 is 0 Å². The van der Waals surface area contributed by atoms with Gasteiger partial charge < -0.3 is 25.3 Å². The number of fused-ring (bicyclic) bond motifs is 2. The SMILES string of the molecule is CC(C)(O)[C@H](F)CN1Cc2cc(NC(O)c3cnn4cccnc34)c(N3CCC(C#N)CC3)cc2C1=O. The van der Waals surface area contributed by atoms with Crippen LogP contribution in [0.1, 0.15) is 54.4 Å². The third-order valence-corrected chi connectivity index (χ3v) is 7.16. The molecule has 0 aliphatic carbocycles. The van der Waals surface area contributed by atoms with E-state index in [4.69, 9.17) is 0 Å². The summed E-state index contributed by atoms with van der Waals surface area (Å²) in [7, 11) is 0. The van der Waals surface area contributed by atoms with Crippen molar-refractivity contribution in [2.24, 2.45) is 5.92 Å². The second kappa shape index (κ2) is 9.61. The Balaban J connectivity index is 1.47. The lowest BCUT2D eigenvalue weighted by molar-refractivity contribution is -0.0159. The zero-order valence-corrected chi connectivity index (χ0v) is 20.8. The van der Waals surface area contributed by atoms with Crippen LogP contribution in [0.15, 0.2) is 36.8 Å². The Morgan fingerprint density at radius 1 is 1.32 bits per heavy atom. The van der Waals surface area contributed by atoms with Gasteiger partial charge in [-0.2, -0.15) is 10.4 Å². The minimum Gasteiger partial charge on any atom is -0.387 e. The van der Waals surface area contributed by atoms with Gasteiger partial charge in [-0.25, -0.2) is 13.9 Å². The molecule has 0 saturated carbocycles. The smallest absolute Gasteiger partial charge is 0.254 e. The number of hydrogen-bond donors (Lipinski definition) is 3. The number of aromatic nitrogens is 3. The average molecular weight is 508 g/mol. The summed E-state index contributed by atoms with van der Waals surface area (Å²) < 4.78 is 16.2. The van der Waals surface area contributed by atoms with Crippen LogP contribution >= 0.6 is 0 Å². The van der Waals surface area contributed by atoms with Crippen LogP contribution in [0.2, 0.25) is 0 Å². The molecule has 5 rings (SSSR count). The fourth-order valence-corrected chi connectivity index (χ4v) is 4.87. The first kappa shape index (κ1) is 24.9. The van der Waals surface area contributed by atoms with Gasteiger partial charge in [0, 0.05) is 43.5 Å². The normalized spacial score (nSPS) is 18.1. The number of carbonyl (C=O) groups excluding carboxylic acids is 1. The molecule has 37 heavy (non-hydrogen) atoms. The van der Waals surface area contributed by atoms with Crippen molar-refractivity contribution < 1.29 is 19.4 Å². The van der Waals surface area contributed by atoms with Crippen LogP contribution in [-0.4, -0.2) is 67.0 Å². The van der Waals surface area contributed by atoms with Crippen LogP contribution < -0.4 is 10.2 Å². The predicted molar refractivity (Wildman–Crippen MR) is 134 cm³/mol. The molecular weight excluding hydrogens is 477 g/mol. The van der Waals surface area contributed by atoms with Crippen molar-refractivity contribution in [2.75, 3.05) is 29.9 Å². The molecule has 0 radical (unpaired) electrons. The lowest BCUT2D eigenvalue weighted by Gasteiger charge is -2.33. The summed E-state index contributed by atoms with van der Waals surface area (Å²) in [6.45, 7) is 4.00. The molecular formula is C26H30FN7O3. The molecule has 0 bridgehead atoms. The van der Waals surface area contributed by atoms with Gasteiger partial charge in [0.2, 0.25) is 0 Å². The number of amides is 1. The number of aliphatic hydroxyl groups excluding tert-OH is 1. The van der Waals surface area contributed by atoms with E-state index in [1.807, 2.05) is 6.07 Å². The van der Waals surface area contributed by atoms with Gasteiger partial charge in [-0.05, 0) is 50.5 Å². The number of halogens is 1. The average Bonchev–Trinajstić information content (AvgIpc) is 3.44. The summed E-state index contributed by atoms with van der Waals surface area (Å²) in [5.41, 5.74) is 1.97. The number of piperidine rings is 1. The molecule has 3 N–H and O–H groups in total. The Hall–Kier alpha value is -3.75. The highest BCUT2D eigenvalue weighted by Gasteiger charge is 2.36. The van der Waals surface area contributed by atoms with Crippen LogP contribution in [0, 0.1) is 17.2 Å². The van der Waals surface area contributed by atoms with Gasteiger partial charge in [-0.3, -0.25) is 4.79 Å². The molecule has 10 nitrogen and oxygen atoms in total. The number of benzene rings is 1. The Labute approximate surface area is 213 Å². The van der Waals surface area contributed by atoms with E-state index in [-0.39, 0.29) is 24.9 Å². The number of aliphatic hydroxyl groups is 2. The van der Waals surface area contributed by atoms with Crippen LogP contribution in [0.4, 0.5) is 15.8 Å². The Morgan fingerprint density at radius 2 is 2.08 bits per heavy atom. The molecule has 194 valence electrons. The van der Waals surface area contributed by atoms with Crippen molar-refractivity contribution >= 4 is 22.9 Å². The second-order valence-electron chi connectivity index (χ2n) is 10.3. The van der Waals surface area contributed by atoms with Crippen molar-refractivity contribution in [1.82, 2.24) is 19.5 Å². The number of hydrogen-bond acceptors (Lipinski definition) is 8. The van der Waals surface area contributed by atoms with E-state index in [1.165, 1.54) is 18.7 Å². The molecule has 3 aromatic rings. The van der Waals surface area contributed by atoms with E-state index >= 15 is 0 Å². The minimum absolute atomic E-state index is 0.0158. The first-order chi connectivity index (χ1) is 17.7. The number of alkyl halides is 1. The number of rotatable bonds is 7. The van der Waals surface area contributed by atoms with Gasteiger partial charge in [0.25, 0.3) is 5.91 Å². The van der Waals surface area contributed by atoms with E-state index in [2.05, 4.69) is 26.4 Å². The van der Waals surface area contributed by atoms with Gasteiger partial charge in [-0.1, -0.05) is 0 Å². The second-order valence-corrected chi connectivity index (χ2v) is 10.3. The number of nitrogens with one attached hydrogen (secondary N) is 1. The van der Waals surface area contributed by atoms with E-state index in [0.717, 1.165) is 5.69 Å². The monoisotopic (exact) mass is 507 g/mol. The number of carbonyl (C=O) groups is 1. The zero-order valence-electron chi connectivity index (χ0n) is 20.8. The minimum atomic E-state index is -1.60. The molecule has 1 unspecified atom stereocenters. The maximum Gasteiger partial charge on any atom is 0.254 e. The Bertz CT molecular complexity index is 1350. The van der Waals surface area contributed by atoms with E-state index in [1.54, 1.807) is 35.2 Å². The summed E-state index contributed by atoms with van der Waals surface area (Å²) in [6.07, 6.45) is 3.59. The highest BCUT2D eigenvalue weighted by Crippen LogP contribution is 2.38. The zero-order chi connectivity index (χ0) is 26.3. The third-order valence-electron chi connectivity index (χ3n) is 7.16. The van der Waals surface area contributed by atoms with Crippen LogP contribution in [-0.2, 0) is 6.54 Å². The van der Waals surface area contributed by atoms with Gasteiger partial charge in [0.15, 0.2) is 11.9 Å². The molecule has 11 heteroatoms. The lowest BCUT2D eigenvalue weighted by Crippen LogP contribution is -2.42. The van der Waals surface area contributed by atoms with Crippen molar-refractivity contribution in [3.8, 4) is 6.07 Å². The van der Waals surface area contributed by atoms with Crippen molar-refractivity contribution in [1.29, 1.82) is 5.26 Å². The van der Waals surface area contributed by atoms with E-state index in [0.29, 0.717) is 54.0 Å². The van der Waals surface area contributed by atoms with Gasteiger partial charge in [0.1, 0.15) is 6.17 Å². The summed E-state index contributed by atoms with van der Waals surface area (Å²) >= 11 is 0. The topological polar surface area (TPSA) is 130 Å². The molecule has 2 aromatic heterocycles. The van der Waals surface area contributed by atoms with E-state index in [9.17, 15) is 24.7 Å². The molecule has 1 saturated heterocycles. The molecule has 2 aliphatic rings. The van der Waals surface area contributed by atoms with Crippen LogP contribution in [0.3, 0.4) is 0 Å². The van der Waals surface area contributed by atoms with Gasteiger partial charge in [-0.15, -0.1) is 0 Å². The number of nitriles is 1. The highest BCUT2D eigenvalue weighted by molar-refractivity contribution is 6.00. The summed E-state index contributed by atoms with van der Waals surface area (Å²) in [6, 6.07) is 7.67. The third kappa shape index (κ3) is 4.82. The van der Waals surface area contributed by atoms with Crippen molar-refractivity contribution in [2.45, 2.75) is 51.2 Å². The maximum atomic E-state index is 14.6. The molecule has 1 aromatic carbocycles. The largest absolute Gasteiger partial charge is 0.387 e. The maximum absolute atomic E-state index is 14.6. The van der Waals surface area contributed by atoms with Crippen molar-refractivity contribution in [3.63, 3.8) is 0 Å². The standard InChI is InChI=1S/C26H30FN7O3/c1-26(2,37)22(27)15-33-14-17-10-20(31-24(35)19-13-30-34-7-3-6-29-23(19)34)21(11-18(17)25(33)36)32-8-4-16(12-28)5-9-32/h3,6-7,10-11,13,16,22,24,31,35,37H,4-5,8-9,14-15H2,1-2H3/t22-,24?/m1/s1. The van der Waals surface area contributed by atoms with Gasteiger partial charge in [0.05, 0.1) is 41.4 Å². The first-order valence-electron chi connectivity index (χ1n) is 12.4. The summed E-state index contributed by atoms with van der Waals surface area (Å²) in [4.78, 5) is 21.0. The quantitative estimate of drug-likeness (QED) is 0.416. The van der Waals surface area contributed by atoms with Crippen molar-refractivity contribution in [3.05, 3.63) is 53.5 Å². The highest BCUT2D eigenvalue weighted by atomic mass is 19.1. The molecule has 1 amide bonds. The fourth-order valence-electron chi connectivity index (χ4n) is 4.87. The molecule has 1 fully saturated rings.